The summed E-state index contributed by atoms with van der Waals surface area (Å²) in [5.74, 6) is 0.0667. The van der Waals surface area contributed by atoms with Crippen molar-refractivity contribution in [3.05, 3.63) is 71.5 Å². The number of fused-ring (bicyclic) bond motifs is 2. The van der Waals surface area contributed by atoms with Gasteiger partial charge in [-0.25, -0.2) is 0 Å². The zero-order chi connectivity index (χ0) is 19.7. The predicted octanol–water partition coefficient (Wildman–Crippen LogP) is 4.74. The number of pyridine rings is 1. The molecule has 2 aromatic carbocycles. The number of phenols is 1. The van der Waals surface area contributed by atoms with E-state index in [4.69, 9.17) is 0 Å². The van der Waals surface area contributed by atoms with E-state index in [0.29, 0.717) is 17.5 Å². The van der Waals surface area contributed by atoms with E-state index in [-0.39, 0.29) is 11.7 Å². The number of nitrogens with zero attached hydrogens (tertiary/aromatic N) is 1. The van der Waals surface area contributed by atoms with E-state index in [2.05, 4.69) is 15.3 Å². The average Bonchev–Trinajstić information content (AvgIpc) is 3.17. The van der Waals surface area contributed by atoms with Crippen LogP contribution in [0.3, 0.4) is 0 Å². The molecule has 0 fully saturated rings. The van der Waals surface area contributed by atoms with E-state index in [9.17, 15) is 9.90 Å². The normalized spacial score (nSPS) is 12.4. The number of carbonyl (C=O) groups excluding carboxylic acids is 1. The number of nitrogens with one attached hydrogen (secondary N) is 2. The number of H-pyrrole nitrogens is 1. The van der Waals surface area contributed by atoms with E-state index >= 15 is 0 Å². The monoisotopic (exact) mass is 373 g/mol. The molecule has 2 aromatic heterocycles. The molecule has 2 heterocycles. The standard InChI is InChI=1S/C23H23N3O2/c1-3-5-20(27)26-21(16-7-8-19-15(13-16)9-11-24-19)18-12-14(2)17-6-4-10-25-22(17)23(18)28/h4,6-13,21,24,28H,3,5H2,1-2H3,(H,26,27). The third-order valence-corrected chi connectivity index (χ3v) is 5.11. The number of hydrogen-bond acceptors (Lipinski definition) is 3. The Morgan fingerprint density at radius 1 is 1.25 bits per heavy atom. The molecular formula is C23H23N3O2. The largest absolute Gasteiger partial charge is 0.505 e. The smallest absolute Gasteiger partial charge is 0.220 e. The summed E-state index contributed by atoms with van der Waals surface area (Å²) in [5, 5.41) is 16.1. The van der Waals surface area contributed by atoms with Crippen molar-refractivity contribution < 1.29 is 9.90 Å². The van der Waals surface area contributed by atoms with Crippen molar-refractivity contribution in [3.8, 4) is 5.75 Å². The molecule has 0 saturated carbocycles. The van der Waals surface area contributed by atoms with Crippen LogP contribution in [-0.2, 0) is 4.79 Å². The first-order valence-electron chi connectivity index (χ1n) is 9.52. The van der Waals surface area contributed by atoms with Crippen LogP contribution < -0.4 is 5.32 Å². The van der Waals surface area contributed by atoms with Gasteiger partial charge in [-0.3, -0.25) is 9.78 Å². The quantitative estimate of drug-likeness (QED) is 0.473. The average molecular weight is 373 g/mol. The maximum absolute atomic E-state index is 12.5. The maximum atomic E-state index is 12.5. The molecule has 3 N–H and O–H groups in total. The van der Waals surface area contributed by atoms with E-state index in [1.165, 1.54) is 0 Å². The summed E-state index contributed by atoms with van der Waals surface area (Å²) in [6, 6.07) is 13.3. The minimum atomic E-state index is -0.455. The van der Waals surface area contributed by atoms with Gasteiger partial charge in [0.15, 0.2) is 0 Å². The maximum Gasteiger partial charge on any atom is 0.220 e. The molecule has 142 valence electrons. The van der Waals surface area contributed by atoms with Gasteiger partial charge in [0.1, 0.15) is 11.3 Å². The lowest BCUT2D eigenvalue weighted by Crippen LogP contribution is -2.29. The van der Waals surface area contributed by atoms with Crippen LogP contribution in [0.5, 0.6) is 5.75 Å². The van der Waals surface area contributed by atoms with Crippen molar-refractivity contribution in [2.24, 2.45) is 0 Å². The highest BCUT2D eigenvalue weighted by Crippen LogP contribution is 2.37. The molecule has 1 unspecified atom stereocenters. The van der Waals surface area contributed by atoms with Crippen LogP contribution >= 0.6 is 0 Å². The molecule has 0 bridgehead atoms. The van der Waals surface area contributed by atoms with Gasteiger partial charge in [0.25, 0.3) is 0 Å². The highest BCUT2D eigenvalue weighted by Gasteiger charge is 2.23. The minimum absolute atomic E-state index is 0.0418. The number of amides is 1. The minimum Gasteiger partial charge on any atom is -0.505 e. The summed E-state index contributed by atoms with van der Waals surface area (Å²) in [6.07, 6.45) is 4.76. The molecule has 5 nitrogen and oxygen atoms in total. The SMILES string of the molecule is CCCC(=O)NC(c1ccc2[nH]ccc2c1)c1cc(C)c2cccnc2c1O. The van der Waals surface area contributed by atoms with Crippen LogP contribution in [0.1, 0.15) is 42.5 Å². The van der Waals surface area contributed by atoms with E-state index in [1.807, 2.05) is 62.5 Å². The summed E-state index contributed by atoms with van der Waals surface area (Å²) in [7, 11) is 0. The Kier molecular flexibility index (Phi) is 4.74. The number of hydrogen-bond donors (Lipinski definition) is 3. The molecule has 0 spiro atoms. The van der Waals surface area contributed by atoms with Gasteiger partial charge in [0.2, 0.25) is 5.91 Å². The fraction of sp³-hybridized carbons (Fsp3) is 0.217. The Morgan fingerprint density at radius 2 is 2.11 bits per heavy atom. The number of benzene rings is 2. The molecule has 1 atom stereocenters. The van der Waals surface area contributed by atoms with Crippen molar-refractivity contribution in [2.45, 2.75) is 32.7 Å². The second-order valence-electron chi connectivity index (χ2n) is 7.11. The number of aromatic amines is 1. The second kappa shape index (κ2) is 7.35. The highest BCUT2D eigenvalue weighted by molar-refractivity contribution is 5.89. The van der Waals surface area contributed by atoms with Crippen molar-refractivity contribution in [3.63, 3.8) is 0 Å². The van der Waals surface area contributed by atoms with Gasteiger partial charge in [0.05, 0.1) is 6.04 Å². The number of aromatic nitrogens is 2. The van der Waals surface area contributed by atoms with Crippen LogP contribution in [0, 0.1) is 6.92 Å². The third kappa shape index (κ3) is 3.20. The van der Waals surface area contributed by atoms with E-state index < -0.39 is 6.04 Å². The van der Waals surface area contributed by atoms with Gasteiger partial charge in [-0.05, 0) is 60.2 Å². The van der Waals surface area contributed by atoms with Gasteiger partial charge < -0.3 is 15.4 Å². The van der Waals surface area contributed by atoms with Crippen LogP contribution in [0.2, 0.25) is 0 Å². The summed E-state index contributed by atoms with van der Waals surface area (Å²) in [5.41, 5.74) is 4.16. The Labute approximate surface area is 163 Å². The van der Waals surface area contributed by atoms with E-state index in [1.54, 1.807) is 6.20 Å². The van der Waals surface area contributed by atoms with Gasteiger partial charge >= 0.3 is 0 Å². The number of phenolic OH excluding ortho intramolecular Hbond substituents is 1. The summed E-state index contributed by atoms with van der Waals surface area (Å²) in [6.45, 7) is 3.97. The molecule has 4 rings (SSSR count). The Hall–Kier alpha value is -3.34. The molecule has 0 aliphatic rings. The van der Waals surface area contributed by atoms with Crippen LogP contribution in [0.15, 0.2) is 54.9 Å². The van der Waals surface area contributed by atoms with Gasteiger partial charge in [0, 0.05) is 35.3 Å². The summed E-state index contributed by atoms with van der Waals surface area (Å²) >= 11 is 0. The molecule has 4 aromatic rings. The molecule has 28 heavy (non-hydrogen) atoms. The van der Waals surface area contributed by atoms with Crippen molar-refractivity contribution in [1.82, 2.24) is 15.3 Å². The molecule has 0 radical (unpaired) electrons. The number of aryl methyl sites for hydroxylation is 1. The first-order chi connectivity index (χ1) is 13.6. The summed E-state index contributed by atoms with van der Waals surface area (Å²) in [4.78, 5) is 20.0. The molecule has 0 aliphatic heterocycles. The zero-order valence-corrected chi connectivity index (χ0v) is 16.0. The number of rotatable bonds is 5. The van der Waals surface area contributed by atoms with Crippen LogP contribution in [0.4, 0.5) is 0 Å². The Bertz CT molecular complexity index is 1160. The first kappa shape index (κ1) is 18.0. The predicted molar refractivity (Wildman–Crippen MR) is 111 cm³/mol. The fourth-order valence-corrected chi connectivity index (χ4v) is 3.70. The first-order valence-corrected chi connectivity index (χ1v) is 9.52. The fourth-order valence-electron chi connectivity index (χ4n) is 3.70. The highest BCUT2D eigenvalue weighted by atomic mass is 16.3. The van der Waals surface area contributed by atoms with Crippen molar-refractivity contribution >= 4 is 27.7 Å². The van der Waals surface area contributed by atoms with Crippen molar-refractivity contribution in [1.29, 1.82) is 0 Å². The van der Waals surface area contributed by atoms with Gasteiger partial charge in [-0.15, -0.1) is 0 Å². The number of carbonyl (C=O) groups is 1. The van der Waals surface area contributed by atoms with Crippen molar-refractivity contribution in [2.75, 3.05) is 0 Å². The molecule has 0 saturated heterocycles. The Balaban J connectivity index is 1.88. The third-order valence-electron chi connectivity index (χ3n) is 5.11. The van der Waals surface area contributed by atoms with Gasteiger partial charge in [-0.1, -0.05) is 19.1 Å². The lowest BCUT2D eigenvalue weighted by Gasteiger charge is -2.22. The van der Waals surface area contributed by atoms with Crippen LogP contribution in [0.25, 0.3) is 21.8 Å². The second-order valence-corrected chi connectivity index (χ2v) is 7.11. The molecule has 5 heteroatoms. The molecule has 1 amide bonds. The lowest BCUT2D eigenvalue weighted by molar-refractivity contribution is -0.121. The molecule has 0 aliphatic carbocycles. The number of aromatic hydroxyl groups is 1. The lowest BCUT2D eigenvalue weighted by atomic mass is 9.93. The Morgan fingerprint density at radius 3 is 2.93 bits per heavy atom. The van der Waals surface area contributed by atoms with Crippen LogP contribution in [-0.4, -0.2) is 21.0 Å². The summed E-state index contributed by atoms with van der Waals surface area (Å²) < 4.78 is 0. The zero-order valence-electron chi connectivity index (χ0n) is 16.0. The topological polar surface area (TPSA) is 78.0 Å². The van der Waals surface area contributed by atoms with E-state index in [0.717, 1.165) is 33.8 Å². The molecular weight excluding hydrogens is 350 g/mol. The van der Waals surface area contributed by atoms with Gasteiger partial charge in [-0.2, -0.15) is 0 Å².